The summed E-state index contributed by atoms with van der Waals surface area (Å²) in [7, 11) is 3.18. The zero-order chi connectivity index (χ0) is 25.2. The van der Waals surface area contributed by atoms with Gasteiger partial charge >= 0.3 is 6.03 Å². The number of para-hydroxylation sites is 1. The zero-order valence-electron chi connectivity index (χ0n) is 20.7. The lowest BCUT2D eigenvalue weighted by atomic mass is 9.82. The minimum absolute atomic E-state index is 0.0652. The third kappa shape index (κ3) is 3.13. The van der Waals surface area contributed by atoms with Crippen LogP contribution < -0.4 is 29.2 Å². The van der Waals surface area contributed by atoms with Gasteiger partial charge in [-0.15, -0.1) is 0 Å². The van der Waals surface area contributed by atoms with Gasteiger partial charge in [0.25, 0.3) is 0 Å². The van der Waals surface area contributed by atoms with Crippen LogP contribution >= 0.6 is 0 Å². The molecule has 1 N–H and O–H groups in total. The summed E-state index contributed by atoms with van der Waals surface area (Å²) in [5, 5.41) is 7.71. The molecular formula is C26H27N5O5. The highest BCUT2D eigenvalue weighted by molar-refractivity contribution is 6.18. The second-order valence-electron chi connectivity index (χ2n) is 9.83. The van der Waals surface area contributed by atoms with Gasteiger partial charge in [-0.3, -0.25) is 10.2 Å². The molecule has 0 unspecified atom stereocenters. The Morgan fingerprint density at radius 3 is 2.50 bits per heavy atom. The summed E-state index contributed by atoms with van der Waals surface area (Å²) in [6.07, 6.45) is 1.83. The molecule has 36 heavy (non-hydrogen) atoms. The number of ether oxygens (including phenoxy) is 4. The van der Waals surface area contributed by atoms with E-state index < -0.39 is 6.04 Å². The molecule has 6 rings (SSSR count). The van der Waals surface area contributed by atoms with Gasteiger partial charge in [-0.2, -0.15) is 5.10 Å². The highest BCUT2D eigenvalue weighted by atomic mass is 16.7. The van der Waals surface area contributed by atoms with Crippen LogP contribution in [-0.4, -0.2) is 48.7 Å². The Morgan fingerprint density at radius 1 is 1.06 bits per heavy atom. The molecule has 10 heteroatoms. The van der Waals surface area contributed by atoms with Gasteiger partial charge in [0.1, 0.15) is 11.9 Å². The molecule has 1 saturated heterocycles. The molecule has 0 aliphatic carbocycles. The molecule has 10 nitrogen and oxygen atoms in total. The summed E-state index contributed by atoms with van der Waals surface area (Å²) in [5.41, 5.74) is 2.08. The predicted molar refractivity (Wildman–Crippen MR) is 133 cm³/mol. The van der Waals surface area contributed by atoms with Gasteiger partial charge in [0, 0.05) is 22.7 Å². The third-order valence-electron chi connectivity index (χ3n) is 6.68. The molecule has 186 valence electrons. The molecule has 3 aliphatic rings. The van der Waals surface area contributed by atoms with Crippen LogP contribution in [0, 0.1) is 0 Å². The highest BCUT2D eigenvalue weighted by Crippen LogP contribution is 2.55. The van der Waals surface area contributed by atoms with Gasteiger partial charge in [-0.05, 0) is 39.0 Å². The maximum atomic E-state index is 13.3. The van der Waals surface area contributed by atoms with Crippen LogP contribution in [-0.2, 0) is 5.54 Å². The van der Waals surface area contributed by atoms with Gasteiger partial charge in [0.05, 0.1) is 26.0 Å². The van der Waals surface area contributed by atoms with E-state index in [-0.39, 0.29) is 24.3 Å². The van der Waals surface area contributed by atoms with Crippen LogP contribution in [0.15, 0.2) is 47.6 Å². The van der Waals surface area contributed by atoms with Crippen LogP contribution in [0.25, 0.3) is 0 Å². The van der Waals surface area contributed by atoms with Crippen LogP contribution in [0.1, 0.15) is 37.8 Å². The molecule has 0 saturated carbocycles. The van der Waals surface area contributed by atoms with Gasteiger partial charge in [0.15, 0.2) is 17.3 Å². The Bertz CT molecular complexity index is 1390. The summed E-state index contributed by atoms with van der Waals surface area (Å²) >= 11 is 0. The number of hydrogen-bond donors (Lipinski definition) is 1. The van der Waals surface area contributed by atoms with E-state index in [9.17, 15) is 4.79 Å². The van der Waals surface area contributed by atoms with Crippen molar-refractivity contribution < 1.29 is 23.7 Å². The van der Waals surface area contributed by atoms with Crippen LogP contribution in [0.4, 0.5) is 16.3 Å². The minimum atomic E-state index is -0.469. The predicted octanol–water partition coefficient (Wildman–Crippen LogP) is 4.16. The number of urea groups is 1. The van der Waals surface area contributed by atoms with E-state index in [1.54, 1.807) is 19.1 Å². The number of carbonyl (C=O) groups excluding carboxylic acids is 1. The minimum Gasteiger partial charge on any atom is -0.493 e. The topological polar surface area (TPSA) is 99.4 Å². The summed E-state index contributed by atoms with van der Waals surface area (Å²) in [6, 6.07) is 10.7. The number of fused-ring (bicyclic) bond motifs is 3. The van der Waals surface area contributed by atoms with Crippen molar-refractivity contribution in [2.24, 2.45) is 4.99 Å². The molecule has 4 heterocycles. The average molecular weight is 490 g/mol. The van der Waals surface area contributed by atoms with E-state index >= 15 is 0 Å². The summed E-state index contributed by atoms with van der Waals surface area (Å²) in [6.45, 7) is 6.26. The molecule has 0 spiro atoms. The molecule has 3 aromatic rings. The monoisotopic (exact) mass is 489 g/mol. The summed E-state index contributed by atoms with van der Waals surface area (Å²) < 4.78 is 24.9. The number of nitrogens with one attached hydrogen (secondary N) is 1. The van der Waals surface area contributed by atoms with Crippen molar-refractivity contribution in [2.75, 3.05) is 25.9 Å². The number of aliphatic imine (C=N–C) groups is 1. The number of carbonyl (C=O) groups is 1. The van der Waals surface area contributed by atoms with E-state index in [2.05, 4.69) is 26.1 Å². The second kappa shape index (κ2) is 7.91. The van der Waals surface area contributed by atoms with E-state index in [0.29, 0.717) is 34.7 Å². The summed E-state index contributed by atoms with van der Waals surface area (Å²) in [4.78, 5) is 20.0. The van der Waals surface area contributed by atoms with E-state index in [4.69, 9.17) is 29.0 Å². The number of nitrogens with zero attached hydrogens (tertiary/aromatic N) is 4. The first-order valence-corrected chi connectivity index (χ1v) is 11.7. The lowest BCUT2D eigenvalue weighted by Crippen LogP contribution is -2.42. The molecule has 1 aromatic heterocycles. The Kier molecular flexibility index (Phi) is 4.89. The number of anilines is 1. The van der Waals surface area contributed by atoms with Crippen molar-refractivity contribution in [1.29, 1.82) is 0 Å². The van der Waals surface area contributed by atoms with Gasteiger partial charge < -0.3 is 18.9 Å². The fourth-order valence-corrected chi connectivity index (χ4v) is 5.19. The molecular weight excluding hydrogens is 462 g/mol. The highest BCUT2D eigenvalue weighted by Gasteiger charge is 2.50. The number of amidine groups is 1. The van der Waals surface area contributed by atoms with Crippen molar-refractivity contribution in [1.82, 2.24) is 15.1 Å². The van der Waals surface area contributed by atoms with E-state index in [1.807, 2.05) is 47.3 Å². The average Bonchev–Trinajstić information content (AvgIpc) is 3.58. The second-order valence-corrected chi connectivity index (χ2v) is 9.83. The van der Waals surface area contributed by atoms with E-state index in [1.165, 1.54) is 0 Å². The molecule has 2 atom stereocenters. The van der Waals surface area contributed by atoms with Crippen molar-refractivity contribution in [3.63, 3.8) is 0 Å². The quantitative estimate of drug-likeness (QED) is 0.591. The van der Waals surface area contributed by atoms with Gasteiger partial charge in [0.2, 0.25) is 18.3 Å². The largest absolute Gasteiger partial charge is 0.493 e. The lowest BCUT2D eigenvalue weighted by molar-refractivity contribution is 0.168. The number of amides is 2. The van der Waals surface area contributed by atoms with Crippen LogP contribution in [0.2, 0.25) is 0 Å². The van der Waals surface area contributed by atoms with Crippen molar-refractivity contribution in [2.45, 2.75) is 38.3 Å². The maximum Gasteiger partial charge on any atom is 0.328 e. The van der Waals surface area contributed by atoms with Crippen molar-refractivity contribution in [3.8, 4) is 23.0 Å². The Hall–Kier alpha value is -4.21. The fraction of sp³-hybridized carbons (Fsp3) is 0.346. The number of hydrogen-bond acceptors (Lipinski definition) is 7. The molecule has 2 amide bonds. The zero-order valence-corrected chi connectivity index (χ0v) is 20.7. The Balaban J connectivity index is 1.63. The van der Waals surface area contributed by atoms with Gasteiger partial charge in [-0.1, -0.05) is 18.2 Å². The maximum absolute atomic E-state index is 13.3. The SMILES string of the molecule is COc1cc([C@H]2c3cnn(C(C)(C)C)c3N=C3NC(=O)N(c4ccccc4)[C@H]32)c(OC)c2c1OCO2. The number of aromatic nitrogens is 2. The first-order valence-electron chi connectivity index (χ1n) is 11.7. The number of benzene rings is 2. The molecule has 2 aromatic carbocycles. The van der Waals surface area contributed by atoms with Crippen LogP contribution in [0.3, 0.4) is 0 Å². The van der Waals surface area contributed by atoms with Gasteiger partial charge in [-0.25, -0.2) is 14.5 Å². The van der Waals surface area contributed by atoms with Crippen molar-refractivity contribution >= 4 is 23.4 Å². The van der Waals surface area contributed by atoms with E-state index in [0.717, 1.165) is 16.8 Å². The Labute approximate surface area is 208 Å². The van der Waals surface area contributed by atoms with Crippen molar-refractivity contribution in [3.05, 3.63) is 53.7 Å². The molecule has 0 bridgehead atoms. The van der Waals surface area contributed by atoms with Crippen LogP contribution in [0.5, 0.6) is 23.0 Å². The summed E-state index contributed by atoms with van der Waals surface area (Å²) in [5.74, 6) is 2.87. The standard InChI is InChI=1S/C26H27N5O5/c1-26(2,3)31-24-16(12-27-31)18(15-11-17(33-4)21-22(20(15)34-5)36-13-35-21)19-23(28-24)29-25(32)30(19)14-9-7-6-8-10-14/h6-12,18-19H,13H2,1-5H3,(H,28,29,32)/t18-,19-/m0/s1. The number of rotatable bonds is 4. The number of methoxy groups -OCH3 is 2. The fourth-order valence-electron chi connectivity index (χ4n) is 5.19. The normalized spacial score (nSPS) is 20.0. The molecule has 3 aliphatic heterocycles. The lowest BCUT2D eigenvalue weighted by Gasteiger charge is -2.34. The molecule has 1 fully saturated rings. The third-order valence-corrected chi connectivity index (χ3v) is 6.68. The molecule has 0 radical (unpaired) electrons. The Morgan fingerprint density at radius 2 is 1.81 bits per heavy atom. The smallest absolute Gasteiger partial charge is 0.328 e. The first kappa shape index (κ1) is 22.3. The first-order chi connectivity index (χ1) is 17.3.